The van der Waals surface area contributed by atoms with Crippen molar-refractivity contribution in [3.05, 3.63) is 71.8 Å². The van der Waals surface area contributed by atoms with Crippen molar-refractivity contribution in [3.63, 3.8) is 0 Å². The molecule has 2 aromatic carbocycles. The Morgan fingerprint density at radius 3 is 2.38 bits per heavy atom. The fraction of sp³-hybridized carbons (Fsp3) is 0.321. The highest BCUT2D eigenvalue weighted by Gasteiger charge is 2.36. The number of cyclic esters (lactones) is 1. The maximum Gasteiger partial charge on any atom is 0.414 e. The van der Waals surface area contributed by atoms with E-state index in [1.165, 1.54) is 23.6 Å². The highest BCUT2D eigenvalue weighted by molar-refractivity contribution is 5.94. The van der Waals surface area contributed by atoms with Crippen molar-refractivity contribution in [2.24, 2.45) is 0 Å². The molecule has 0 spiro atoms. The summed E-state index contributed by atoms with van der Waals surface area (Å²) < 4.78 is 15.6. The number of nitrogens with zero attached hydrogens (tertiary/aromatic N) is 2. The van der Waals surface area contributed by atoms with Gasteiger partial charge in [-0.2, -0.15) is 0 Å². The second kappa shape index (κ2) is 12.2. The first kappa shape index (κ1) is 27.4. The zero-order chi connectivity index (χ0) is 27.9. The van der Waals surface area contributed by atoms with Crippen molar-refractivity contribution in [1.29, 1.82) is 0 Å². The molecule has 3 amide bonds. The average molecular weight is 536 g/mol. The number of amides is 3. The maximum atomic E-state index is 13.0. The van der Waals surface area contributed by atoms with Crippen LogP contribution in [0.5, 0.6) is 0 Å². The van der Waals surface area contributed by atoms with Gasteiger partial charge in [0.1, 0.15) is 18.8 Å². The number of benzene rings is 2. The second-order valence-electron chi connectivity index (χ2n) is 9.13. The molecule has 2 heterocycles. The van der Waals surface area contributed by atoms with E-state index in [-0.39, 0.29) is 32.1 Å². The van der Waals surface area contributed by atoms with Gasteiger partial charge in [0.25, 0.3) is 5.91 Å². The van der Waals surface area contributed by atoms with Crippen LogP contribution in [0.25, 0.3) is 5.57 Å². The lowest BCUT2D eigenvalue weighted by Crippen LogP contribution is -2.43. The lowest BCUT2D eigenvalue weighted by atomic mass is 10.1. The molecule has 1 N–H and O–H groups in total. The van der Waals surface area contributed by atoms with Gasteiger partial charge in [-0.3, -0.25) is 19.3 Å². The number of rotatable bonds is 9. The Balaban J connectivity index is 1.47. The summed E-state index contributed by atoms with van der Waals surface area (Å²) in [5, 5.41) is 2.64. The molecule has 0 unspecified atom stereocenters. The van der Waals surface area contributed by atoms with E-state index in [4.69, 9.17) is 14.2 Å². The Hall–Kier alpha value is -4.67. The zero-order valence-corrected chi connectivity index (χ0v) is 21.6. The molecule has 0 bridgehead atoms. The van der Waals surface area contributed by atoms with Crippen LogP contribution in [0.3, 0.4) is 0 Å². The molecule has 0 aromatic heterocycles. The fourth-order valence-electron chi connectivity index (χ4n) is 4.25. The molecule has 2 aromatic rings. The molecule has 1 saturated heterocycles. The third-order valence-corrected chi connectivity index (χ3v) is 6.22. The monoisotopic (exact) mass is 535 g/mol. The number of hydrogen-bond acceptors (Lipinski definition) is 8. The number of carbonyl (C=O) groups is 5. The zero-order valence-electron chi connectivity index (χ0n) is 21.6. The van der Waals surface area contributed by atoms with Crippen LogP contribution in [0.2, 0.25) is 0 Å². The van der Waals surface area contributed by atoms with E-state index in [1.807, 2.05) is 30.3 Å². The van der Waals surface area contributed by atoms with E-state index in [9.17, 15) is 24.0 Å². The normalized spacial score (nSPS) is 18.3. The van der Waals surface area contributed by atoms with Crippen LogP contribution >= 0.6 is 0 Å². The largest absolute Gasteiger partial charge is 0.459 e. The summed E-state index contributed by atoms with van der Waals surface area (Å²) in [5.41, 5.74) is 2.85. The SMILES string of the molecule is CC(=O)NC[C@H]1CN(c2ccc(C3=C[C@@H](C(=O)OCc4ccccc4)N(C(=O)COC(C)=O)C3)cc2)C(=O)O1. The Labute approximate surface area is 225 Å². The summed E-state index contributed by atoms with van der Waals surface area (Å²) in [6.07, 6.45) is 0.682. The van der Waals surface area contributed by atoms with E-state index in [2.05, 4.69) is 5.32 Å². The minimum Gasteiger partial charge on any atom is -0.459 e. The van der Waals surface area contributed by atoms with Gasteiger partial charge in [0.05, 0.1) is 13.1 Å². The minimum atomic E-state index is -0.991. The van der Waals surface area contributed by atoms with Gasteiger partial charge in [-0.15, -0.1) is 0 Å². The van der Waals surface area contributed by atoms with Crippen LogP contribution in [-0.2, 0) is 40.0 Å². The predicted molar refractivity (Wildman–Crippen MR) is 139 cm³/mol. The van der Waals surface area contributed by atoms with Crippen LogP contribution < -0.4 is 10.2 Å². The molecule has 1 fully saturated rings. The van der Waals surface area contributed by atoms with Crippen LogP contribution in [0.1, 0.15) is 25.0 Å². The van der Waals surface area contributed by atoms with Crippen molar-refractivity contribution >= 4 is 41.1 Å². The summed E-state index contributed by atoms with van der Waals surface area (Å²) in [7, 11) is 0. The van der Waals surface area contributed by atoms with E-state index < -0.39 is 42.7 Å². The molecule has 2 aliphatic heterocycles. The third kappa shape index (κ3) is 7.01. The molecular formula is C28H29N3O8. The Morgan fingerprint density at radius 1 is 1.00 bits per heavy atom. The number of carbonyl (C=O) groups excluding carboxylic acids is 5. The molecule has 204 valence electrons. The molecular weight excluding hydrogens is 506 g/mol. The standard InChI is InChI=1S/C28H29N3O8/c1-18(32)29-13-24-15-30(28(36)39-24)23-10-8-21(9-11-23)22-12-25(31(14-22)26(34)17-37-19(2)33)27(35)38-16-20-6-4-3-5-7-20/h3-12,24-25H,13-17H2,1-2H3,(H,29,32)/t24-,25-/m0/s1. The van der Waals surface area contributed by atoms with Gasteiger partial charge in [-0.05, 0) is 34.9 Å². The number of nitrogens with one attached hydrogen (secondary N) is 1. The van der Waals surface area contributed by atoms with Crippen molar-refractivity contribution in [3.8, 4) is 0 Å². The third-order valence-electron chi connectivity index (χ3n) is 6.22. The van der Waals surface area contributed by atoms with Crippen LogP contribution in [0, 0.1) is 0 Å². The van der Waals surface area contributed by atoms with Crippen molar-refractivity contribution in [1.82, 2.24) is 10.2 Å². The first-order valence-electron chi connectivity index (χ1n) is 12.4. The number of esters is 2. The van der Waals surface area contributed by atoms with Gasteiger partial charge in [-0.1, -0.05) is 42.5 Å². The average Bonchev–Trinajstić information content (AvgIpc) is 3.54. The van der Waals surface area contributed by atoms with Gasteiger partial charge in [0.2, 0.25) is 5.91 Å². The summed E-state index contributed by atoms with van der Waals surface area (Å²) in [6, 6.07) is 15.2. The Kier molecular flexibility index (Phi) is 8.60. The Morgan fingerprint density at radius 2 is 1.72 bits per heavy atom. The summed E-state index contributed by atoms with van der Waals surface area (Å²) >= 11 is 0. The topological polar surface area (TPSA) is 132 Å². The highest BCUT2D eigenvalue weighted by atomic mass is 16.6. The molecule has 4 rings (SSSR count). The van der Waals surface area contributed by atoms with Gasteiger partial charge < -0.3 is 24.4 Å². The van der Waals surface area contributed by atoms with Crippen LogP contribution in [-0.4, -0.2) is 73.1 Å². The summed E-state index contributed by atoms with van der Waals surface area (Å²) in [4.78, 5) is 63.3. The molecule has 39 heavy (non-hydrogen) atoms. The molecule has 0 saturated carbocycles. The minimum absolute atomic E-state index is 0.0505. The lowest BCUT2D eigenvalue weighted by molar-refractivity contribution is -0.156. The molecule has 2 atom stereocenters. The van der Waals surface area contributed by atoms with Crippen LogP contribution in [0.4, 0.5) is 10.5 Å². The van der Waals surface area contributed by atoms with Gasteiger partial charge in [0, 0.05) is 26.1 Å². The van der Waals surface area contributed by atoms with Crippen molar-refractivity contribution < 1.29 is 38.2 Å². The second-order valence-corrected chi connectivity index (χ2v) is 9.13. The van der Waals surface area contributed by atoms with Gasteiger partial charge in [0.15, 0.2) is 6.61 Å². The maximum absolute atomic E-state index is 13.0. The number of hydrogen-bond donors (Lipinski definition) is 1. The molecule has 11 nitrogen and oxygen atoms in total. The highest BCUT2D eigenvalue weighted by Crippen LogP contribution is 2.29. The first-order valence-corrected chi connectivity index (χ1v) is 12.4. The van der Waals surface area contributed by atoms with E-state index >= 15 is 0 Å². The smallest absolute Gasteiger partial charge is 0.414 e. The Bertz CT molecular complexity index is 1280. The van der Waals surface area contributed by atoms with Gasteiger partial charge in [-0.25, -0.2) is 9.59 Å². The van der Waals surface area contributed by atoms with Gasteiger partial charge >= 0.3 is 18.0 Å². The summed E-state index contributed by atoms with van der Waals surface area (Å²) in [6.45, 7) is 2.77. The molecule has 2 aliphatic rings. The predicted octanol–water partition coefficient (Wildman–Crippen LogP) is 2.05. The molecule has 0 aliphatic carbocycles. The van der Waals surface area contributed by atoms with E-state index in [1.54, 1.807) is 30.3 Å². The molecule has 11 heteroatoms. The lowest BCUT2D eigenvalue weighted by Gasteiger charge is -2.23. The molecule has 0 radical (unpaired) electrons. The van der Waals surface area contributed by atoms with Crippen molar-refractivity contribution in [2.75, 3.05) is 31.1 Å². The quantitative estimate of drug-likeness (QED) is 0.381. The van der Waals surface area contributed by atoms with E-state index in [0.717, 1.165) is 11.1 Å². The number of ether oxygens (including phenoxy) is 3. The van der Waals surface area contributed by atoms with Crippen LogP contribution in [0.15, 0.2) is 60.7 Å². The summed E-state index contributed by atoms with van der Waals surface area (Å²) in [5.74, 6) is -1.94. The van der Waals surface area contributed by atoms with Crippen molar-refractivity contribution in [2.45, 2.75) is 32.6 Å². The fourth-order valence-corrected chi connectivity index (χ4v) is 4.25. The number of anilines is 1. The van der Waals surface area contributed by atoms with E-state index in [0.29, 0.717) is 11.3 Å². The first-order chi connectivity index (χ1) is 18.7.